The van der Waals surface area contributed by atoms with E-state index in [1.54, 1.807) is 36.4 Å². The number of morpholine rings is 1. The predicted molar refractivity (Wildman–Crippen MR) is 122 cm³/mol. The zero-order chi connectivity index (χ0) is 23.3. The Balaban J connectivity index is 1.73. The molecule has 2 N–H and O–H groups in total. The first-order valence-corrected chi connectivity index (χ1v) is 12.1. The van der Waals surface area contributed by atoms with Crippen molar-refractivity contribution in [1.82, 2.24) is 9.62 Å². The molecule has 1 aliphatic heterocycles. The molecule has 1 atom stereocenters. The van der Waals surface area contributed by atoms with Crippen molar-refractivity contribution in [2.45, 2.75) is 24.8 Å². The SMILES string of the molecule is CC(C)[C@H](NC(=O)c1ccc(Cl)cc1)C(=O)Nc1cccc(S(=O)(=O)N2CCOCC2)c1. The molecular formula is C22H26ClN3O5S. The molecule has 0 saturated carbocycles. The van der Waals surface area contributed by atoms with E-state index in [1.807, 2.05) is 13.8 Å². The van der Waals surface area contributed by atoms with Gasteiger partial charge in [0.25, 0.3) is 5.91 Å². The van der Waals surface area contributed by atoms with Crippen LogP contribution in [0.3, 0.4) is 0 Å². The monoisotopic (exact) mass is 479 g/mol. The Morgan fingerprint density at radius 1 is 1.06 bits per heavy atom. The molecule has 0 unspecified atom stereocenters. The predicted octanol–water partition coefficient (Wildman–Crippen LogP) is 2.75. The Labute approximate surface area is 192 Å². The number of carbonyl (C=O) groups is 2. The maximum Gasteiger partial charge on any atom is 0.251 e. The summed E-state index contributed by atoms with van der Waals surface area (Å²) in [6, 6.07) is 11.6. The molecule has 1 fully saturated rings. The van der Waals surface area contributed by atoms with E-state index in [2.05, 4.69) is 10.6 Å². The fourth-order valence-corrected chi connectivity index (χ4v) is 4.83. The molecule has 10 heteroatoms. The lowest BCUT2D eigenvalue weighted by molar-refractivity contribution is -0.118. The lowest BCUT2D eigenvalue weighted by atomic mass is 10.0. The van der Waals surface area contributed by atoms with Crippen LogP contribution in [0.5, 0.6) is 0 Å². The lowest BCUT2D eigenvalue weighted by Crippen LogP contribution is -2.47. The lowest BCUT2D eigenvalue weighted by Gasteiger charge is -2.26. The van der Waals surface area contributed by atoms with Crippen molar-refractivity contribution in [3.05, 3.63) is 59.1 Å². The van der Waals surface area contributed by atoms with Crippen molar-refractivity contribution < 1.29 is 22.7 Å². The average Bonchev–Trinajstić information content (AvgIpc) is 2.78. The van der Waals surface area contributed by atoms with Crippen LogP contribution in [-0.2, 0) is 19.6 Å². The van der Waals surface area contributed by atoms with Crippen molar-refractivity contribution >= 4 is 39.1 Å². The van der Waals surface area contributed by atoms with E-state index in [1.165, 1.54) is 16.4 Å². The largest absolute Gasteiger partial charge is 0.379 e. The molecule has 0 bridgehead atoms. The number of nitrogens with zero attached hydrogens (tertiary/aromatic N) is 1. The normalized spacial score (nSPS) is 15.9. The molecule has 2 aromatic rings. The van der Waals surface area contributed by atoms with Crippen LogP contribution in [0.1, 0.15) is 24.2 Å². The molecule has 172 valence electrons. The zero-order valence-electron chi connectivity index (χ0n) is 17.9. The van der Waals surface area contributed by atoms with E-state index >= 15 is 0 Å². The number of halogens is 1. The Kier molecular flexibility index (Phi) is 7.89. The molecule has 0 aromatic heterocycles. The minimum absolute atomic E-state index is 0.0866. The van der Waals surface area contributed by atoms with Crippen LogP contribution >= 0.6 is 11.6 Å². The van der Waals surface area contributed by atoms with Crippen molar-refractivity contribution in [2.75, 3.05) is 31.6 Å². The summed E-state index contributed by atoms with van der Waals surface area (Å²) in [6.07, 6.45) is 0. The number of ether oxygens (including phenoxy) is 1. The topological polar surface area (TPSA) is 105 Å². The molecule has 1 heterocycles. The molecule has 1 aliphatic rings. The van der Waals surface area contributed by atoms with E-state index in [0.717, 1.165) is 0 Å². The third kappa shape index (κ3) is 5.86. The van der Waals surface area contributed by atoms with Gasteiger partial charge in [0.1, 0.15) is 6.04 Å². The summed E-state index contributed by atoms with van der Waals surface area (Å²) in [4.78, 5) is 25.6. The number of benzene rings is 2. The van der Waals surface area contributed by atoms with Gasteiger partial charge in [-0.2, -0.15) is 4.31 Å². The minimum atomic E-state index is -3.69. The highest BCUT2D eigenvalue weighted by atomic mass is 35.5. The first-order chi connectivity index (χ1) is 15.2. The molecule has 2 aromatic carbocycles. The number of anilines is 1. The summed E-state index contributed by atoms with van der Waals surface area (Å²) in [7, 11) is -3.69. The van der Waals surface area contributed by atoms with Gasteiger partial charge in [-0.25, -0.2) is 8.42 Å². The molecule has 32 heavy (non-hydrogen) atoms. The number of amides is 2. The molecule has 0 radical (unpaired) electrons. The van der Waals surface area contributed by atoms with Gasteiger partial charge in [0.15, 0.2) is 0 Å². The van der Waals surface area contributed by atoms with Crippen molar-refractivity contribution in [3.8, 4) is 0 Å². The van der Waals surface area contributed by atoms with E-state index < -0.39 is 27.9 Å². The van der Waals surface area contributed by atoms with Crippen LogP contribution in [0.25, 0.3) is 0 Å². The average molecular weight is 480 g/mol. The van der Waals surface area contributed by atoms with E-state index in [0.29, 0.717) is 29.5 Å². The highest BCUT2D eigenvalue weighted by Gasteiger charge is 2.28. The molecule has 8 nitrogen and oxygen atoms in total. The van der Waals surface area contributed by atoms with Gasteiger partial charge in [0.2, 0.25) is 15.9 Å². The van der Waals surface area contributed by atoms with Gasteiger partial charge in [0.05, 0.1) is 18.1 Å². The molecule has 2 amide bonds. The second-order valence-electron chi connectivity index (χ2n) is 7.74. The summed E-state index contributed by atoms with van der Waals surface area (Å²) >= 11 is 5.86. The third-order valence-electron chi connectivity index (χ3n) is 5.05. The second kappa shape index (κ2) is 10.4. The maximum atomic E-state index is 12.9. The Hall–Kier alpha value is -2.46. The molecule has 0 spiro atoms. The van der Waals surface area contributed by atoms with Gasteiger partial charge in [-0.05, 0) is 48.4 Å². The quantitative estimate of drug-likeness (QED) is 0.635. The number of hydrogen-bond acceptors (Lipinski definition) is 5. The minimum Gasteiger partial charge on any atom is -0.379 e. The van der Waals surface area contributed by atoms with Crippen LogP contribution in [0, 0.1) is 5.92 Å². The van der Waals surface area contributed by atoms with Crippen molar-refractivity contribution in [1.29, 1.82) is 0 Å². The summed E-state index contributed by atoms with van der Waals surface area (Å²) in [6.45, 7) is 4.88. The van der Waals surface area contributed by atoms with Gasteiger partial charge in [0, 0.05) is 29.4 Å². The van der Waals surface area contributed by atoms with Gasteiger partial charge >= 0.3 is 0 Å². The van der Waals surface area contributed by atoms with Gasteiger partial charge in [-0.3, -0.25) is 9.59 Å². The summed E-state index contributed by atoms with van der Waals surface area (Å²) < 4.78 is 32.4. The van der Waals surface area contributed by atoms with Gasteiger partial charge in [-0.1, -0.05) is 31.5 Å². The number of rotatable bonds is 7. The van der Waals surface area contributed by atoms with E-state index in [9.17, 15) is 18.0 Å². The maximum absolute atomic E-state index is 12.9. The van der Waals surface area contributed by atoms with Crippen LogP contribution in [0.4, 0.5) is 5.69 Å². The highest BCUT2D eigenvalue weighted by Crippen LogP contribution is 2.21. The van der Waals surface area contributed by atoms with Crippen molar-refractivity contribution in [2.24, 2.45) is 5.92 Å². The van der Waals surface area contributed by atoms with Gasteiger partial charge in [-0.15, -0.1) is 0 Å². The smallest absolute Gasteiger partial charge is 0.251 e. The first kappa shape index (κ1) is 24.2. The molecular weight excluding hydrogens is 454 g/mol. The molecule has 1 saturated heterocycles. The standard InChI is InChI=1S/C22H26ClN3O5S/c1-15(2)20(25-21(27)16-6-8-17(23)9-7-16)22(28)24-18-4-3-5-19(14-18)32(29,30)26-10-12-31-13-11-26/h3-9,14-15,20H,10-13H2,1-2H3,(H,24,28)(H,25,27)/t20-/m0/s1. The van der Waals surface area contributed by atoms with Crippen LogP contribution in [0.15, 0.2) is 53.4 Å². The third-order valence-corrected chi connectivity index (χ3v) is 7.20. The van der Waals surface area contributed by atoms with Crippen LogP contribution < -0.4 is 10.6 Å². The number of nitrogens with one attached hydrogen (secondary N) is 2. The number of hydrogen-bond donors (Lipinski definition) is 2. The van der Waals surface area contributed by atoms with Crippen LogP contribution in [-0.4, -0.2) is 56.9 Å². The van der Waals surface area contributed by atoms with Gasteiger partial charge < -0.3 is 15.4 Å². The Morgan fingerprint density at radius 3 is 2.34 bits per heavy atom. The van der Waals surface area contributed by atoms with Crippen molar-refractivity contribution in [3.63, 3.8) is 0 Å². The fraction of sp³-hybridized carbons (Fsp3) is 0.364. The Bertz CT molecular complexity index is 1070. The number of sulfonamides is 1. The van der Waals surface area contributed by atoms with E-state index in [-0.39, 0.29) is 23.9 Å². The summed E-state index contributed by atoms with van der Waals surface area (Å²) in [5.74, 6) is -1.05. The van der Waals surface area contributed by atoms with Crippen LogP contribution in [0.2, 0.25) is 5.02 Å². The summed E-state index contributed by atoms with van der Waals surface area (Å²) in [5, 5.41) is 5.96. The Morgan fingerprint density at radius 2 is 1.72 bits per heavy atom. The number of carbonyl (C=O) groups excluding carboxylic acids is 2. The molecule has 3 rings (SSSR count). The second-order valence-corrected chi connectivity index (χ2v) is 10.1. The molecule has 0 aliphatic carbocycles. The fourth-order valence-electron chi connectivity index (χ4n) is 3.25. The highest BCUT2D eigenvalue weighted by molar-refractivity contribution is 7.89. The zero-order valence-corrected chi connectivity index (χ0v) is 19.4. The van der Waals surface area contributed by atoms with E-state index in [4.69, 9.17) is 16.3 Å². The first-order valence-electron chi connectivity index (χ1n) is 10.2. The summed E-state index contributed by atoms with van der Waals surface area (Å²) in [5.41, 5.74) is 0.710.